The van der Waals surface area contributed by atoms with Crippen LogP contribution < -0.4 is 5.32 Å². The van der Waals surface area contributed by atoms with E-state index in [1.54, 1.807) is 0 Å². The number of hydrogen-bond donors (Lipinski definition) is 1. The minimum Gasteiger partial charge on any atom is -0.345 e. The van der Waals surface area contributed by atoms with Crippen LogP contribution in [0.3, 0.4) is 0 Å². The third-order valence-electron chi connectivity index (χ3n) is 7.45. The fourth-order valence-electron chi connectivity index (χ4n) is 5.41. The number of benzene rings is 3. The van der Waals surface area contributed by atoms with Crippen molar-refractivity contribution >= 4 is 16.8 Å². The summed E-state index contributed by atoms with van der Waals surface area (Å²) in [4.78, 5) is 18.8. The van der Waals surface area contributed by atoms with Crippen LogP contribution in [0.4, 0.5) is 0 Å². The van der Waals surface area contributed by atoms with Crippen LogP contribution in [0.15, 0.2) is 79.0 Å². The molecule has 0 aliphatic heterocycles. The smallest absolute Gasteiger partial charge is 0.252 e. The average molecular weight is 487 g/mol. The molecule has 2 aromatic heterocycles. The number of rotatable bonds is 4. The van der Waals surface area contributed by atoms with Gasteiger partial charge in [0, 0.05) is 10.9 Å². The lowest BCUT2D eigenvalue weighted by atomic mass is 9.87. The Kier molecular flexibility index (Phi) is 5.84. The monoisotopic (exact) mass is 486 g/mol. The van der Waals surface area contributed by atoms with E-state index in [1.165, 1.54) is 16.7 Å². The van der Waals surface area contributed by atoms with Crippen molar-refractivity contribution < 1.29 is 4.79 Å². The predicted octanol–water partition coefficient (Wildman–Crippen LogP) is 6.82. The highest BCUT2D eigenvalue weighted by molar-refractivity contribution is 6.07. The highest BCUT2D eigenvalue weighted by Crippen LogP contribution is 2.32. The third kappa shape index (κ3) is 4.31. The van der Waals surface area contributed by atoms with Gasteiger partial charge in [0.2, 0.25) is 0 Å². The fourth-order valence-corrected chi connectivity index (χ4v) is 5.41. The number of carbonyl (C=O) groups excluding carboxylic acids is 1. The zero-order valence-corrected chi connectivity index (χ0v) is 21.5. The van der Waals surface area contributed by atoms with Gasteiger partial charge in [-0.05, 0) is 81.5 Å². The zero-order valence-electron chi connectivity index (χ0n) is 21.5. The first kappa shape index (κ1) is 23.2. The summed E-state index contributed by atoms with van der Waals surface area (Å²) in [5, 5.41) is 8.87. The van der Waals surface area contributed by atoms with Gasteiger partial charge >= 0.3 is 0 Å². The molecule has 5 nitrogen and oxygen atoms in total. The predicted molar refractivity (Wildman–Crippen MR) is 148 cm³/mol. The van der Waals surface area contributed by atoms with Crippen molar-refractivity contribution in [3.05, 3.63) is 113 Å². The quantitative estimate of drug-likeness (QED) is 0.303. The van der Waals surface area contributed by atoms with Gasteiger partial charge in [-0.3, -0.25) is 4.79 Å². The number of pyridine rings is 1. The molecule has 1 aliphatic rings. The molecule has 5 heteroatoms. The second-order valence-corrected chi connectivity index (χ2v) is 10.1. The molecule has 2 heterocycles. The van der Waals surface area contributed by atoms with E-state index in [4.69, 9.17) is 4.98 Å². The largest absolute Gasteiger partial charge is 0.345 e. The Morgan fingerprint density at radius 3 is 2.57 bits per heavy atom. The Hall–Kier alpha value is -4.25. The van der Waals surface area contributed by atoms with E-state index < -0.39 is 0 Å². The molecular formula is C32H30N4O. The van der Waals surface area contributed by atoms with Gasteiger partial charge in [0.25, 0.3) is 5.91 Å². The normalized spacial score (nSPS) is 14.9. The van der Waals surface area contributed by atoms with Crippen LogP contribution in [-0.4, -0.2) is 20.7 Å². The van der Waals surface area contributed by atoms with Crippen LogP contribution in [0.25, 0.3) is 27.8 Å². The minimum absolute atomic E-state index is 0.0138. The van der Waals surface area contributed by atoms with E-state index >= 15 is 0 Å². The van der Waals surface area contributed by atoms with E-state index in [0.29, 0.717) is 5.56 Å². The molecule has 6 rings (SSSR count). The second kappa shape index (κ2) is 9.32. The van der Waals surface area contributed by atoms with Crippen LogP contribution >= 0.6 is 0 Å². The van der Waals surface area contributed by atoms with Crippen LogP contribution in [0.5, 0.6) is 0 Å². The van der Waals surface area contributed by atoms with Crippen LogP contribution in [0, 0.1) is 20.8 Å². The fraction of sp³-hybridized carbons (Fsp3) is 0.219. The van der Waals surface area contributed by atoms with Gasteiger partial charge in [0.15, 0.2) is 0 Å². The topological polar surface area (TPSA) is 59.8 Å². The number of fused-ring (bicyclic) bond motifs is 2. The van der Waals surface area contributed by atoms with E-state index in [2.05, 4.69) is 71.9 Å². The number of aromatic nitrogens is 3. The molecule has 3 aromatic carbocycles. The van der Waals surface area contributed by atoms with Gasteiger partial charge in [-0.2, -0.15) is 5.10 Å². The molecule has 184 valence electrons. The van der Waals surface area contributed by atoms with E-state index in [1.807, 2.05) is 42.9 Å². The molecule has 0 fully saturated rings. The molecule has 0 saturated carbocycles. The van der Waals surface area contributed by atoms with Crippen molar-refractivity contribution in [3.8, 4) is 16.9 Å². The molecule has 1 aliphatic carbocycles. The van der Waals surface area contributed by atoms with Gasteiger partial charge in [-0.15, -0.1) is 0 Å². The molecular weight excluding hydrogens is 456 g/mol. The number of nitrogens with zero attached hydrogens (tertiary/aromatic N) is 3. The van der Waals surface area contributed by atoms with Crippen molar-refractivity contribution in [2.45, 2.75) is 46.1 Å². The maximum absolute atomic E-state index is 13.8. The molecule has 0 unspecified atom stereocenters. The Balaban J connectivity index is 1.42. The number of nitrogens with one attached hydrogen (secondary N) is 1. The van der Waals surface area contributed by atoms with Gasteiger partial charge in [-0.1, -0.05) is 53.6 Å². The lowest BCUT2D eigenvalue weighted by Gasteiger charge is -2.26. The highest BCUT2D eigenvalue weighted by Gasteiger charge is 2.24. The third-order valence-corrected chi connectivity index (χ3v) is 7.45. The summed E-state index contributed by atoms with van der Waals surface area (Å²) in [7, 11) is 0. The van der Waals surface area contributed by atoms with Crippen molar-refractivity contribution in [2.75, 3.05) is 0 Å². The Bertz CT molecular complexity index is 1630. The minimum atomic E-state index is -0.0652. The van der Waals surface area contributed by atoms with E-state index in [-0.39, 0.29) is 11.9 Å². The van der Waals surface area contributed by atoms with E-state index in [9.17, 15) is 4.79 Å². The van der Waals surface area contributed by atoms with Crippen LogP contribution in [0.1, 0.15) is 57.2 Å². The SMILES string of the molecule is Cc1ccc(-n2ncc(-c3cc(C(=O)N[C@H]4CCCc5ccccc54)c4cc(C)ccc4n3)c2C)cc1. The van der Waals surface area contributed by atoms with Crippen molar-refractivity contribution in [2.24, 2.45) is 0 Å². The molecule has 0 spiro atoms. The summed E-state index contributed by atoms with van der Waals surface area (Å²) >= 11 is 0. The van der Waals surface area contributed by atoms with Crippen molar-refractivity contribution in [1.29, 1.82) is 0 Å². The summed E-state index contributed by atoms with van der Waals surface area (Å²) in [5.74, 6) is -0.0652. The number of carbonyl (C=O) groups is 1. The first-order valence-electron chi connectivity index (χ1n) is 12.9. The first-order valence-corrected chi connectivity index (χ1v) is 12.9. The van der Waals surface area contributed by atoms with Gasteiger partial charge < -0.3 is 5.32 Å². The van der Waals surface area contributed by atoms with E-state index in [0.717, 1.165) is 58.4 Å². The zero-order chi connectivity index (χ0) is 25.5. The maximum atomic E-state index is 13.8. The number of amides is 1. The lowest BCUT2D eigenvalue weighted by molar-refractivity contribution is 0.0934. The molecule has 0 radical (unpaired) electrons. The maximum Gasteiger partial charge on any atom is 0.252 e. The van der Waals surface area contributed by atoms with Crippen LogP contribution in [0.2, 0.25) is 0 Å². The highest BCUT2D eigenvalue weighted by atomic mass is 16.1. The number of aryl methyl sites for hydroxylation is 3. The molecule has 37 heavy (non-hydrogen) atoms. The van der Waals surface area contributed by atoms with Crippen LogP contribution in [-0.2, 0) is 6.42 Å². The number of hydrogen-bond acceptors (Lipinski definition) is 3. The molecule has 1 amide bonds. The van der Waals surface area contributed by atoms with Crippen molar-refractivity contribution in [1.82, 2.24) is 20.1 Å². The Morgan fingerprint density at radius 1 is 0.946 bits per heavy atom. The first-order chi connectivity index (χ1) is 18.0. The van der Waals surface area contributed by atoms with Crippen molar-refractivity contribution in [3.63, 3.8) is 0 Å². The summed E-state index contributed by atoms with van der Waals surface area (Å²) in [6, 6.07) is 24.8. The molecule has 1 atom stereocenters. The summed E-state index contributed by atoms with van der Waals surface area (Å²) in [6.45, 7) is 6.16. The summed E-state index contributed by atoms with van der Waals surface area (Å²) < 4.78 is 1.93. The van der Waals surface area contributed by atoms with Gasteiger partial charge in [-0.25, -0.2) is 9.67 Å². The van der Waals surface area contributed by atoms with Gasteiger partial charge in [0.05, 0.1) is 40.4 Å². The summed E-state index contributed by atoms with van der Waals surface area (Å²) in [6.07, 6.45) is 4.92. The lowest BCUT2D eigenvalue weighted by Crippen LogP contribution is -2.31. The second-order valence-electron chi connectivity index (χ2n) is 10.1. The standard InChI is InChI=1S/C32H30N4O/c1-20-11-14-24(15-12-20)36-22(3)28(19-33-36)31-18-27(26-17-21(2)13-16-30(26)34-31)32(37)35-29-10-6-8-23-7-4-5-9-25(23)29/h4-5,7,9,11-19,29H,6,8,10H2,1-3H3,(H,35,37)/t29-/m0/s1. The molecule has 0 saturated heterocycles. The summed E-state index contributed by atoms with van der Waals surface area (Å²) in [5.41, 5.74) is 9.96. The Morgan fingerprint density at radius 2 is 1.73 bits per heavy atom. The van der Waals surface area contributed by atoms with Gasteiger partial charge in [0.1, 0.15) is 0 Å². The molecule has 5 aromatic rings. The molecule has 0 bridgehead atoms. The molecule has 1 N–H and O–H groups in total. The Labute approximate surface area is 217 Å². The average Bonchev–Trinajstić information content (AvgIpc) is 3.30.